The molecule has 0 fully saturated rings. The standard InChI is InChI=1S/C8H6N2O/c11-7-1-2-8-6(3-7)4-9-5-10-8/h2-5H,1H2. The molecule has 1 aromatic heterocycles. The Morgan fingerprint density at radius 2 is 2.36 bits per heavy atom. The van der Waals surface area contributed by atoms with Crippen molar-refractivity contribution in [2.75, 3.05) is 0 Å². The lowest BCUT2D eigenvalue weighted by Crippen LogP contribution is -2.32. The van der Waals surface area contributed by atoms with E-state index in [1.54, 1.807) is 12.3 Å². The number of hydrogen-bond acceptors (Lipinski definition) is 3. The second-order valence-electron chi connectivity index (χ2n) is 2.38. The van der Waals surface area contributed by atoms with Crippen LogP contribution in [0.15, 0.2) is 12.5 Å². The first kappa shape index (κ1) is 6.22. The van der Waals surface area contributed by atoms with Crippen molar-refractivity contribution in [3.63, 3.8) is 0 Å². The molecule has 0 amide bonds. The van der Waals surface area contributed by atoms with Gasteiger partial charge in [0.2, 0.25) is 0 Å². The molecule has 0 N–H and O–H groups in total. The molecule has 0 spiro atoms. The largest absolute Gasteiger partial charge is 0.294 e. The number of nitrogens with zero attached hydrogens (tertiary/aromatic N) is 2. The molecule has 54 valence electrons. The molecular weight excluding hydrogens is 140 g/mol. The molecule has 0 unspecified atom stereocenters. The van der Waals surface area contributed by atoms with E-state index in [4.69, 9.17) is 0 Å². The molecule has 1 heterocycles. The van der Waals surface area contributed by atoms with Crippen molar-refractivity contribution >= 4 is 17.9 Å². The van der Waals surface area contributed by atoms with E-state index in [2.05, 4.69) is 9.97 Å². The Hall–Kier alpha value is -1.51. The summed E-state index contributed by atoms with van der Waals surface area (Å²) in [6.45, 7) is 0. The van der Waals surface area contributed by atoms with E-state index in [1.165, 1.54) is 6.33 Å². The first-order chi connectivity index (χ1) is 5.36. The summed E-state index contributed by atoms with van der Waals surface area (Å²) < 4.78 is 0. The third-order valence-corrected chi connectivity index (χ3v) is 1.59. The predicted octanol–water partition coefficient (Wildman–Crippen LogP) is -0.990. The van der Waals surface area contributed by atoms with Crippen LogP contribution in [0.2, 0.25) is 0 Å². The van der Waals surface area contributed by atoms with Gasteiger partial charge in [0.15, 0.2) is 5.78 Å². The molecule has 0 saturated heterocycles. The number of rotatable bonds is 0. The zero-order chi connectivity index (χ0) is 7.68. The molecule has 0 aliphatic heterocycles. The highest BCUT2D eigenvalue weighted by Gasteiger charge is 2.00. The van der Waals surface area contributed by atoms with Crippen LogP contribution in [0.5, 0.6) is 0 Å². The summed E-state index contributed by atoms with van der Waals surface area (Å²) >= 11 is 0. The maximum absolute atomic E-state index is 10.9. The molecule has 1 aliphatic rings. The Labute approximate surface area is 63.1 Å². The SMILES string of the molecule is O=C1C=c2cncnc2=CC1. The van der Waals surface area contributed by atoms with Gasteiger partial charge in [-0.15, -0.1) is 0 Å². The van der Waals surface area contributed by atoms with E-state index < -0.39 is 0 Å². The lowest BCUT2D eigenvalue weighted by Gasteiger charge is -1.95. The van der Waals surface area contributed by atoms with Crippen LogP contribution in [0.3, 0.4) is 0 Å². The first-order valence-corrected chi connectivity index (χ1v) is 3.37. The normalized spacial score (nSPS) is 14.7. The fraction of sp³-hybridized carbons (Fsp3) is 0.125. The van der Waals surface area contributed by atoms with Gasteiger partial charge in [0.25, 0.3) is 0 Å². The summed E-state index contributed by atoms with van der Waals surface area (Å²) in [6, 6.07) is 0. The lowest BCUT2D eigenvalue weighted by molar-refractivity contribution is -0.112. The molecule has 2 rings (SSSR count). The molecule has 3 heteroatoms. The van der Waals surface area contributed by atoms with Crippen LogP contribution in [0, 0.1) is 0 Å². The van der Waals surface area contributed by atoms with Crippen LogP contribution < -0.4 is 10.6 Å². The highest BCUT2D eigenvalue weighted by molar-refractivity contribution is 6.08. The van der Waals surface area contributed by atoms with Gasteiger partial charge >= 0.3 is 0 Å². The predicted molar refractivity (Wildman–Crippen MR) is 39.8 cm³/mol. The second-order valence-corrected chi connectivity index (χ2v) is 2.38. The Morgan fingerprint density at radius 1 is 1.45 bits per heavy atom. The van der Waals surface area contributed by atoms with Crippen LogP contribution in [0.4, 0.5) is 0 Å². The van der Waals surface area contributed by atoms with Crippen molar-refractivity contribution in [3.05, 3.63) is 23.1 Å². The van der Waals surface area contributed by atoms with Crippen molar-refractivity contribution in [1.82, 2.24) is 9.97 Å². The summed E-state index contributed by atoms with van der Waals surface area (Å²) in [6.07, 6.45) is 6.99. The molecule has 0 atom stereocenters. The number of Topliss-reactive ketones (excluding diaryl/α,β-unsaturated/α-hetero) is 1. The smallest absolute Gasteiger partial charge is 0.160 e. The zero-order valence-electron chi connectivity index (χ0n) is 5.82. The molecule has 0 radical (unpaired) electrons. The molecule has 1 aromatic rings. The van der Waals surface area contributed by atoms with Gasteiger partial charge in [0.05, 0.1) is 5.35 Å². The molecule has 1 aliphatic carbocycles. The average Bonchev–Trinajstić information content (AvgIpc) is 2.04. The van der Waals surface area contributed by atoms with Crippen LogP contribution in [0.25, 0.3) is 12.2 Å². The van der Waals surface area contributed by atoms with E-state index in [-0.39, 0.29) is 5.78 Å². The Balaban J connectivity index is 2.83. The number of fused-ring (bicyclic) bond motifs is 1. The van der Waals surface area contributed by atoms with Crippen molar-refractivity contribution in [2.45, 2.75) is 6.42 Å². The molecular formula is C8H6N2O. The third kappa shape index (κ3) is 1.05. The second kappa shape index (κ2) is 2.27. The zero-order valence-corrected chi connectivity index (χ0v) is 5.82. The maximum Gasteiger partial charge on any atom is 0.160 e. The van der Waals surface area contributed by atoms with Crippen molar-refractivity contribution < 1.29 is 4.79 Å². The van der Waals surface area contributed by atoms with E-state index >= 15 is 0 Å². The van der Waals surface area contributed by atoms with Gasteiger partial charge in [-0.2, -0.15) is 0 Å². The van der Waals surface area contributed by atoms with Crippen LogP contribution >= 0.6 is 0 Å². The Bertz CT molecular complexity index is 408. The average molecular weight is 146 g/mol. The maximum atomic E-state index is 10.9. The fourth-order valence-electron chi connectivity index (χ4n) is 1.06. The minimum atomic E-state index is 0.118. The van der Waals surface area contributed by atoms with Gasteiger partial charge < -0.3 is 0 Å². The van der Waals surface area contributed by atoms with Gasteiger partial charge in [-0.3, -0.25) is 4.79 Å². The van der Waals surface area contributed by atoms with Crippen molar-refractivity contribution in [3.8, 4) is 0 Å². The minimum Gasteiger partial charge on any atom is -0.294 e. The third-order valence-electron chi connectivity index (χ3n) is 1.59. The van der Waals surface area contributed by atoms with Gasteiger partial charge in [-0.1, -0.05) is 6.08 Å². The number of carbonyl (C=O) groups is 1. The summed E-state index contributed by atoms with van der Waals surface area (Å²) in [5.74, 6) is 0.118. The summed E-state index contributed by atoms with van der Waals surface area (Å²) in [4.78, 5) is 18.7. The quantitative estimate of drug-likeness (QED) is 0.472. The number of ketones is 1. The van der Waals surface area contributed by atoms with E-state index in [9.17, 15) is 4.79 Å². The van der Waals surface area contributed by atoms with E-state index in [1.807, 2.05) is 6.08 Å². The minimum absolute atomic E-state index is 0.118. The van der Waals surface area contributed by atoms with Crippen molar-refractivity contribution in [2.24, 2.45) is 0 Å². The molecule has 0 aromatic carbocycles. The van der Waals surface area contributed by atoms with Gasteiger partial charge in [-0.05, 0) is 6.08 Å². The molecule has 11 heavy (non-hydrogen) atoms. The summed E-state index contributed by atoms with van der Waals surface area (Å²) in [5.41, 5.74) is 0. The van der Waals surface area contributed by atoms with Crippen LogP contribution in [-0.2, 0) is 4.79 Å². The molecule has 0 bridgehead atoms. The highest BCUT2D eigenvalue weighted by Crippen LogP contribution is 1.87. The van der Waals surface area contributed by atoms with Crippen LogP contribution in [-0.4, -0.2) is 15.8 Å². The molecule has 3 nitrogen and oxygen atoms in total. The van der Waals surface area contributed by atoms with Gasteiger partial charge in [0, 0.05) is 17.8 Å². The Kier molecular flexibility index (Phi) is 1.28. The van der Waals surface area contributed by atoms with Crippen molar-refractivity contribution in [1.29, 1.82) is 0 Å². The number of aromatic nitrogens is 2. The van der Waals surface area contributed by atoms with Gasteiger partial charge in [-0.25, -0.2) is 9.97 Å². The fourth-order valence-corrected chi connectivity index (χ4v) is 1.06. The van der Waals surface area contributed by atoms with E-state index in [0.29, 0.717) is 6.42 Å². The monoisotopic (exact) mass is 146 g/mol. The number of hydrogen-bond donors (Lipinski definition) is 0. The lowest BCUT2D eigenvalue weighted by atomic mass is 10.1. The topological polar surface area (TPSA) is 42.9 Å². The molecule has 0 saturated carbocycles. The van der Waals surface area contributed by atoms with Gasteiger partial charge in [0.1, 0.15) is 6.33 Å². The number of carbonyl (C=O) groups excluding carboxylic acids is 1. The Morgan fingerprint density at radius 3 is 3.27 bits per heavy atom. The first-order valence-electron chi connectivity index (χ1n) is 3.37. The summed E-state index contributed by atoms with van der Waals surface area (Å²) in [5, 5.41) is 1.68. The highest BCUT2D eigenvalue weighted by atomic mass is 16.1. The summed E-state index contributed by atoms with van der Waals surface area (Å²) in [7, 11) is 0. The van der Waals surface area contributed by atoms with Crippen LogP contribution in [0.1, 0.15) is 6.42 Å². The van der Waals surface area contributed by atoms with E-state index in [0.717, 1.165) is 10.6 Å².